The SMILES string of the molecule is CCOC(=O)N1CC[C@H](N2CCN(c3cccc(C)c3)CC2)C1. The zero-order chi connectivity index (χ0) is 16.2. The number of rotatable bonds is 3. The van der Waals surface area contributed by atoms with Crippen molar-refractivity contribution in [2.45, 2.75) is 26.3 Å². The fourth-order valence-corrected chi connectivity index (χ4v) is 3.59. The number of carbonyl (C=O) groups is 1. The lowest BCUT2D eigenvalue weighted by Crippen LogP contribution is -2.51. The first-order valence-electron chi connectivity index (χ1n) is 8.64. The molecule has 2 heterocycles. The van der Waals surface area contributed by atoms with Crippen molar-refractivity contribution in [3.05, 3.63) is 29.8 Å². The molecule has 1 aromatic carbocycles. The first kappa shape index (κ1) is 16.1. The van der Waals surface area contributed by atoms with E-state index in [1.165, 1.54) is 11.3 Å². The highest BCUT2D eigenvalue weighted by Crippen LogP contribution is 2.22. The van der Waals surface area contributed by atoms with Crippen LogP contribution in [0.1, 0.15) is 18.9 Å². The topological polar surface area (TPSA) is 36.0 Å². The maximum absolute atomic E-state index is 11.8. The van der Waals surface area contributed by atoms with E-state index in [9.17, 15) is 4.79 Å². The molecule has 0 aromatic heterocycles. The van der Waals surface area contributed by atoms with Crippen LogP contribution in [0.3, 0.4) is 0 Å². The fraction of sp³-hybridized carbons (Fsp3) is 0.611. The highest BCUT2D eigenvalue weighted by molar-refractivity contribution is 5.68. The maximum atomic E-state index is 11.8. The highest BCUT2D eigenvalue weighted by Gasteiger charge is 2.32. The molecule has 2 aliphatic rings. The van der Waals surface area contributed by atoms with Crippen molar-refractivity contribution < 1.29 is 9.53 Å². The molecule has 0 spiro atoms. The molecule has 126 valence electrons. The van der Waals surface area contributed by atoms with Crippen LogP contribution in [0.15, 0.2) is 24.3 Å². The Morgan fingerprint density at radius 1 is 1.22 bits per heavy atom. The van der Waals surface area contributed by atoms with E-state index in [4.69, 9.17) is 4.74 Å². The summed E-state index contributed by atoms with van der Waals surface area (Å²) in [6.45, 7) is 10.3. The van der Waals surface area contributed by atoms with E-state index in [1.54, 1.807) is 0 Å². The lowest BCUT2D eigenvalue weighted by Gasteiger charge is -2.39. The summed E-state index contributed by atoms with van der Waals surface area (Å²) in [6, 6.07) is 9.21. The molecule has 0 saturated carbocycles. The second-order valence-electron chi connectivity index (χ2n) is 6.45. The van der Waals surface area contributed by atoms with E-state index in [0.717, 1.165) is 45.7 Å². The van der Waals surface area contributed by atoms with Crippen molar-refractivity contribution in [3.8, 4) is 0 Å². The second-order valence-corrected chi connectivity index (χ2v) is 6.45. The number of aryl methyl sites for hydroxylation is 1. The van der Waals surface area contributed by atoms with Crippen LogP contribution in [0.5, 0.6) is 0 Å². The minimum Gasteiger partial charge on any atom is -0.450 e. The van der Waals surface area contributed by atoms with E-state index in [2.05, 4.69) is 41.0 Å². The highest BCUT2D eigenvalue weighted by atomic mass is 16.6. The van der Waals surface area contributed by atoms with Crippen molar-refractivity contribution in [2.75, 3.05) is 50.8 Å². The van der Waals surface area contributed by atoms with Crippen LogP contribution in [0.4, 0.5) is 10.5 Å². The quantitative estimate of drug-likeness (QED) is 0.857. The van der Waals surface area contributed by atoms with Gasteiger partial charge in [0.2, 0.25) is 0 Å². The number of anilines is 1. The van der Waals surface area contributed by atoms with Crippen LogP contribution >= 0.6 is 0 Å². The molecule has 23 heavy (non-hydrogen) atoms. The third-order valence-electron chi connectivity index (χ3n) is 4.89. The minimum atomic E-state index is -0.159. The average molecular weight is 317 g/mol. The molecular formula is C18H27N3O2. The van der Waals surface area contributed by atoms with E-state index in [0.29, 0.717) is 12.6 Å². The Balaban J connectivity index is 1.51. The number of likely N-dealkylation sites (tertiary alicyclic amines) is 1. The van der Waals surface area contributed by atoms with Gasteiger partial charge in [0.25, 0.3) is 0 Å². The molecule has 2 aliphatic heterocycles. The summed E-state index contributed by atoms with van der Waals surface area (Å²) in [5.41, 5.74) is 2.63. The van der Waals surface area contributed by atoms with Gasteiger partial charge in [-0.2, -0.15) is 0 Å². The zero-order valence-electron chi connectivity index (χ0n) is 14.2. The molecule has 1 atom stereocenters. The number of piperazine rings is 1. The lowest BCUT2D eigenvalue weighted by atomic mass is 10.1. The summed E-state index contributed by atoms with van der Waals surface area (Å²) in [5.74, 6) is 0. The molecule has 2 saturated heterocycles. The van der Waals surface area contributed by atoms with Crippen molar-refractivity contribution >= 4 is 11.8 Å². The number of carbonyl (C=O) groups excluding carboxylic acids is 1. The van der Waals surface area contributed by atoms with Gasteiger partial charge in [0, 0.05) is 51.0 Å². The van der Waals surface area contributed by atoms with Crippen LogP contribution < -0.4 is 4.90 Å². The molecule has 1 aromatic rings. The molecule has 0 aliphatic carbocycles. The van der Waals surface area contributed by atoms with Crippen LogP contribution in [0.25, 0.3) is 0 Å². The number of ether oxygens (including phenoxy) is 1. The van der Waals surface area contributed by atoms with Crippen LogP contribution in [0.2, 0.25) is 0 Å². The Morgan fingerprint density at radius 3 is 2.70 bits per heavy atom. The van der Waals surface area contributed by atoms with Gasteiger partial charge in [-0.05, 0) is 38.0 Å². The molecule has 0 bridgehead atoms. The molecular weight excluding hydrogens is 290 g/mol. The third-order valence-corrected chi connectivity index (χ3v) is 4.89. The predicted octanol–water partition coefficient (Wildman–Crippen LogP) is 2.35. The standard InChI is InChI=1S/C18H27N3O2/c1-3-23-18(22)21-8-7-17(14-21)20-11-9-19(10-12-20)16-6-4-5-15(2)13-16/h4-6,13,17H,3,7-12,14H2,1-2H3/t17-/m0/s1. The summed E-state index contributed by atoms with van der Waals surface area (Å²) in [5, 5.41) is 0. The summed E-state index contributed by atoms with van der Waals surface area (Å²) < 4.78 is 5.11. The Labute approximate surface area is 138 Å². The largest absolute Gasteiger partial charge is 0.450 e. The van der Waals surface area contributed by atoms with Gasteiger partial charge in [-0.3, -0.25) is 4.90 Å². The zero-order valence-corrected chi connectivity index (χ0v) is 14.2. The van der Waals surface area contributed by atoms with Crippen LogP contribution in [-0.4, -0.2) is 67.8 Å². The van der Waals surface area contributed by atoms with E-state index < -0.39 is 0 Å². The van der Waals surface area contributed by atoms with Gasteiger partial charge >= 0.3 is 6.09 Å². The maximum Gasteiger partial charge on any atom is 0.409 e. The fourth-order valence-electron chi connectivity index (χ4n) is 3.59. The first-order chi connectivity index (χ1) is 11.2. The number of nitrogens with zero attached hydrogens (tertiary/aromatic N) is 3. The van der Waals surface area contributed by atoms with Gasteiger partial charge in [0.15, 0.2) is 0 Å². The van der Waals surface area contributed by atoms with E-state index >= 15 is 0 Å². The van der Waals surface area contributed by atoms with Gasteiger partial charge in [-0.1, -0.05) is 12.1 Å². The van der Waals surface area contributed by atoms with Gasteiger partial charge in [-0.25, -0.2) is 4.79 Å². The van der Waals surface area contributed by atoms with Crippen molar-refractivity contribution in [2.24, 2.45) is 0 Å². The Kier molecular flexibility index (Phi) is 5.06. The number of benzene rings is 1. The summed E-state index contributed by atoms with van der Waals surface area (Å²) in [7, 11) is 0. The minimum absolute atomic E-state index is 0.159. The smallest absolute Gasteiger partial charge is 0.409 e. The summed E-state index contributed by atoms with van der Waals surface area (Å²) >= 11 is 0. The van der Waals surface area contributed by atoms with Crippen molar-refractivity contribution in [3.63, 3.8) is 0 Å². The molecule has 3 rings (SSSR count). The van der Waals surface area contributed by atoms with Crippen molar-refractivity contribution in [1.29, 1.82) is 0 Å². The lowest BCUT2D eigenvalue weighted by molar-refractivity contribution is 0.110. The first-order valence-corrected chi connectivity index (χ1v) is 8.64. The van der Waals surface area contributed by atoms with E-state index in [-0.39, 0.29) is 6.09 Å². The van der Waals surface area contributed by atoms with E-state index in [1.807, 2.05) is 11.8 Å². The third kappa shape index (κ3) is 3.78. The number of amides is 1. The molecule has 0 unspecified atom stereocenters. The molecule has 0 radical (unpaired) electrons. The number of hydrogen-bond donors (Lipinski definition) is 0. The molecule has 5 heteroatoms. The molecule has 5 nitrogen and oxygen atoms in total. The Morgan fingerprint density at radius 2 is 2.00 bits per heavy atom. The van der Waals surface area contributed by atoms with Crippen LogP contribution in [0, 0.1) is 6.92 Å². The Hall–Kier alpha value is -1.75. The van der Waals surface area contributed by atoms with Gasteiger partial charge < -0.3 is 14.5 Å². The second kappa shape index (κ2) is 7.21. The van der Waals surface area contributed by atoms with Crippen LogP contribution in [-0.2, 0) is 4.74 Å². The molecule has 1 amide bonds. The van der Waals surface area contributed by atoms with Gasteiger partial charge in [-0.15, -0.1) is 0 Å². The average Bonchev–Trinajstić information content (AvgIpc) is 3.05. The van der Waals surface area contributed by atoms with Gasteiger partial charge in [0.1, 0.15) is 0 Å². The molecule has 2 fully saturated rings. The van der Waals surface area contributed by atoms with Crippen molar-refractivity contribution in [1.82, 2.24) is 9.80 Å². The summed E-state index contributed by atoms with van der Waals surface area (Å²) in [6.07, 6.45) is 0.900. The monoisotopic (exact) mass is 317 g/mol. The molecule has 0 N–H and O–H groups in total. The Bertz CT molecular complexity index is 541. The summed E-state index contributed by atoms with van der Waals surface area (Å²) in [4.78, 5) is 18.7. The predicted molar refractivity (Wildman–Crippen MR) is 92.0 cm³/mol. The number of hydrogen-bond acceptors (Lipinski definition) is 4. The normalized spacial score (nSPS) is 22.4. The van der Waals surface area contributed by atoms with Gasteiger partial charge in [0.05, 0.1) is 6.61 Å².